The smallest absolute Gasteiger partial charge is 0.164 e. The van der Waals surface area contributed by atoms with E-state index < -0.39 is 0 Å². The van der Waals surface area contributed by atoms with Crippen LogP contribution in [-0.4, -0.2) is 54.9 Å². The number of carbonyl (C=O) groups is 1. The summed E-state index contributed by atoms with van der Waals surface area (Å²) in [7, 11) is 0. The first kappa shape index (κ1) is 19.2. The van der Waals surface area contributed by atoms with Crippen molar-refractivity contribution in [3.63, 3.8) is 0 Å². The van der Waals surface area contributed by atoms with Gasteiger partial charge in [0.15, 0.2) is 5.78 Å². The van der Waals surface area contributed by atoms with Crippen LogP contribution in [0.4, 0.5) is 5.69 Å². The molecule has 2 aliphatic rings. The highest BCUT2D eigenvalue weighted by Gasteiger charge is 2.18. The molecule has 0 atom stereocenters. The predicted octanol–water partition coefficient (Wildman–Crippen LogP) is 3.83. The van der Waals surface area contributed by atoms with E-state index in [-0.39, 0.29) is 5.78 Å². The molecule has 0 aliphatic carbocycles. The minimum absolute atomic E-state index is 0.264. The average molecular weight is 378 g/mol. The van der Waals surface area contributed by atoms with Gasteiger partial charge in [-0.15, -0.1) is 0 Å². The molecule has 28 heavy (non-hydrogen) atoms. The lowest BCUT2D eigenvalue weighted by Gasteiger charge is -2.34. The van der Waals surface area contributed by atoms with E-state index in [1.54, 1.807) is 0 Å². The molecular formula is C24H31N3O. The Hall–Kier alpha value is -2.17. The highest BCUT2D eigenvalue weighted by atomic mass is 16.1. The molecule has 4 heteroatoms. The summed E-state index contributed by atoms with van der Waals surface area (Å²) in [5, 5.41) is 3.48. The van der Waals surface area contributed by atoms with Gasteiger partial charge < -0.3 is 10.2 Å². The molecule has 0 amide bonds. The standard InChI is InChI=1S/C24H31N3O/c28-24(22-10-9-21-8-4-5-12-25-23(21)18-22)11-13-26-14-16-27(17-15-26)19-20-6-2-1-3-7-20/h1-3,6-7,9-10,18,25H,4-5,8,11-17,19H2. The molecule has 4 nitrogen and oxygen atoms in total. The SMILES string of the molecule is O=C(CCN1CCN(Cc2ccccc2)CC1)c1ccc2c(c1)NCCCC2. The van der Waals surface area contributed by atoms with Gasteiger partial charge in [0.05, 0.1) is 0 Å². The van der Waals surface area contributed by atoms with E-state index in [1.807, 2.05) is 6.07 Å². The molecule has 0 spiro atoms. The highest BCUT2D eigenvalue weighted by Crippen LogP contribution is 2.23. The molecule has 2 aromatic carbocycles. The lowest BCUT2D eigenvalue weighted by atomic mass is 10.0. The third kappa shape index (κ3) is 5.00. The number of Topliss-reactive ketones (excluding diaryl/α,β-unsaturated/α-hetero) is 1. The first-order valence-corrected chi connectivity index (χ1v) is 10.7. The normalized spacial score (nSPS) is 18.1. The van der Waals surface area contributed by atoms with E-state index in [9.17, 15) is 4.79 Å². The van der Waals surface area contributed by atoms with Crippen molar-refractivity contribution in [2.45, 2.75) is 32.2 Å². The fourth-order valence-electron chi connectivity index (χ4n) is 4.21. The monoisotopic (exact) mass is 377 g/mol. The Morgan fingerprint density at radius 2 is 1.71 bits per heavy atom. The zero-order valence-corrected chi connectivity index (χ0v) is 16.7. The molecule has 2 aromatic rings. The number of nitrogens with zero attached hydrogens (tertiary/aromatic N) is 2. The number of carbonyl (C=O) groups excluding carboxylic acids is 1. The van der Waals surface area contributed by atoms with E-state index >= 15 is 0 Å². The van der Waals surface area contributed by atoms with Gasteiger partial charge in [-0.25, -0.2) is 0 Å². The maximum Gasteiger partial charge on any atom is 0.164 e. The van der Waals surface area contributed by atoms with Gasteiger partial charge in [0.1, 0.15) is 0 Å². The molecule has 0 unspecified atom stereocenters. The summed E-state index contributed by atoms with van der Waals surface area (Å²) in [6, 6.07) is 16.9. The van der Waals surface area contributed by atoms with Gasteiger partial charge in [0.25, 0.3) is 0 Å². The quantitative estimate of drug-likeness (QED) is 0.776. The lowest BCUT2D eigenvalue weighted by molar-refractivity contribution is 0.0922. The summed E-state index contributed by atoms with van der Waals surface area (Å²) in [5.41, 5.74) is 4.75. The van der Waals surface area contributed by atoms with Crippen molar-refractivity contribution in [2.24, 2.45) is 0 Å². The van der Waals surface area contributed by atoms with Crippen molar-refractivity contribution >= 4 is 11.5 Å². The Morgan fingerprint density at radius 3 is 2.54 bits per heavy atom. The lowest BCUT2D eigenvalue weighted by Crippen LogP contribution is -2.46. The number of piperazine rings is 1. The van der Waals surface area contributed by atoms with Gasteiger partial charge in [0, 0.05) is 63.5 Å². The summed E-state index contributed by atoms with van der Waals surface area (Å²) in [6.07, 6.45) is 4.15. The number of hydrogen-bond acceptors (Lipinski definition) is 4. The second-order valence-corrected chi connectivity index (χ2v) is 8.03. The Bertz CT molecular complexity index is 782. The molecule has 1 fully saturated rings. The van der Waals surface area contributed by atoms with Crippen LogP contribution in [0.25, 0.3) is 0 Å². The summed E-state index contributed by atoms with van der Waals surface area (Å²) in [4.78, 5) is 17.6. The summed E-state index contributed by atoms with van der Waals surface area (Å²) >= 11 is 0. The van der Waals surface area contributed by atoms with Crippen LogP contribution in [0.5, 0.6) is 0 Å². The molecule has 148 valence electrons. The average Bonchev–Trinajstić information content (AvgIpc) is 2.98. The van der Waals surface area contributed by atoms with Crippen molar-refractivity contribution in [1.29, 1.82) is 0 Å². The van der Waals surface area contributed by atoms with Gasteiger partial charge in [-0.05, 0) is 36.5 Å². The van der Waals surface area contributed by atoms with Gasteiger partial charge in [-0.2, -0.15) is 0 Å². The Labute approximate surface area is 168 Å². The number of benzene rings is 2. The minimum Gasteiger partial charge on any atom is -0.385 e. The zero-order valence-electron chi connectivity index (χ0n) is 16.7. The van der Waals surface area contributed by atoms with Gasteiger partial charge in [0.2, 0.25) is 0 Å². The second kappa shape index (κ2) is 9.35. The molecule has 1 N–H and O–H groups in total. The van der Waals surface area contributed by atoms with E-state index in [4.69, 9.17) is 0 Å². The van der Waals surface area contributed by atoms with Gasteiger partial charge >= 0.3 is 0 Å². The fraction of sp³-hybridized carbons (Fsp3) is 0.458. The van der Waals surface area contributed by atoms with Crippen LogP contribution in [0.15, 0.2) is 48.5 Å². The van der Waals surface area contributed by atoms with Crippen molar-refractivity contribution in [2.75, 3.05) is 44.6 Å². The molecule has 0 saturated carbocycles. The Kier molecular flexibility index (Phi) is 6.40. The first-order valence-electron chi connectivity index (χ1n) is 10.7. The largest absolute Gasteiger partial charge is 0.385 e. The molecule has 2 aliphatic heterocycles. The third-order valence-corrected chi connectivity index (χ3v) is 5.99. The van der Waals surface area contributed by atoms with Crippen molar-refractivity contribution in [3.05, 3.63) is 65.2 Å². The molecule has 4 rings (SSSR count). The highest BCUT2D eigenvalue weighted by molar-refractivity contribution is 5.97. The van der Waals surface area contributed by atoms with Crippen molar-refractivity contribution < 1.29 is 4.79 Å². The minimum atomic E-state index is 0.264. The third-order valence-electron chi connectivity index (χ3n) is 5.99. The Balaban J connectivity index is 1.24. The number of rotatable bonds is 6. The van der Waals surface area contributed by atoms with E-state index in [2.05, 4.69) is 57.6 Å². The first-order chi connectivity index (χ1) is 13.8. The number of nitrogens with one attached hydrogen (secondary N) is 1. The van der Waals surface area contributed by atoms with Crippen LogP contribution < -0.4 is 5.32 Å². The van der Waals surface area contributed by atoms with Crippen molar-refractivity contribution in [3.8, 4) is 0 Å². The second-order valence-electron chi connectivity index (χ2n) is 8.03. The van der Waals surface area contributed by atoms with Crippen LogP contribution in [0.2, 0.25) is 0 Å². The summed E-state index contributed by atoms with van der Waals surface area (Å²) in [5.74, 6) is 0.264. The van der Waals surface area contributed by atoms with E-state index in [0.717, 1.165) is 63.5 Å². The molecular weight excluding hydrogens is 346 g/mol. The number of fused-ring (bicyclic) bond motifs is 1. The van der Waals surface area contributed by atoms with E-state index in [1.165, 1.54) is 24.0 Å². The van der Waals surface area contributed by atoms with Crippen LogP contribution >= 0.6 is 0 Å². The molecule has 2 heterocycles. The summed E-state index contributed by atoms with van der Waals surface area (Å²) < 4.78 is 0. The van der Waals surface area contributed by atoms with Crippen LogP contribution in [0.3, 0.4) is 0 Å². The maximum absolute atomic E-state index is 12.7. The zero-order chi connectivity index (χ0) is 19.2. The van der Waals surface area contributed by atoms with Crippen molar-refractivity contribution in [1.82, 2.24) is 9.80 Å². The fourth-order valence-corrected chi connectivity index (χ4v) is 4.21. The van der Waals surface area contributed by atoms with Crippen LogP contribution in [0.1, 0.15) is 40.7 Å². The Morgan fingerprint density at radius 1 is 0.929 bits per heavy atom. The molecule has 0 aromatic heterocycles. The number of anilines is 1. The molecule has 1 saturated heterocycles. The number of ketones is 1. The summed E-state index contributed by atoms with van der Waals surface area (Å²) in [6.45, 7) is 7.14. The topological polar surface area (TPSA) is 35.6 Å². The maximum atomic E-state index is 12.7. The van der Waals surface area contributed by atoms with Crippen LogP contribution in [-0.2, 0) is 13.0 Å². The van der Waals surface area contributed by atoms with Gasteiger partial charge in [-0.3, -0.25) is 9.69 Å². The molecule has 0 radical (unpaired) electrons. The number of hydrogen-bond donors (Lipinski definition) is 1. The van der Waals surface area contributed by atoms with Crippen LogP contribution in [0, 0.1) is 0 Å². The number of aryl methyl sites for hydroxylation is 1. The predicted molar refractivity (Wildman–Crippen MR) is 115 cm³/mol. The van der Waals surface area contributed by atoms with Gasteiger partial charge in [-0.1, -0.05) is 42.5 Å². The molecule has 0 bridgehead atoms. The van der Waals surface area contributed by atoms with E-state index in [0.29, 0.717) is 6.42 Å².